The Kier molecular flexibility index (Phi) is 2.93. The van der Waals surface area contributed by atoms with Crippen molar-refractivity contribution in [3.8, 4) is 0 Å². The van der Waals surface area contributed by atoms with Crippen molar-refractivity contribution in [2.75, 3.05) is 0 Å². The average molecular weight is 219 g/mol. The zero-order chi connectivity index (χ0) is 11.8. The Hall–Kier alpha value is -1.26. The fourth-order valence-electron chi connectivity index (χ4n) is 1.38. The Labute approximate surface area is 85.3 Å². The molecule has 0 aromatic carbocycles. The second-order valence-corrected chi connectivity index (χ2v) is 3.69. The fraction of sp³-hybridized carbons (Fsp3) is 0.500. The number of halogens is 3. The summed E-state index contributed by atoms with van der Waals surface area (Å²) < 4.78 is 37.9. The highest BCUT2D eigenvalue weighted by Crippen LogP contribution is 2.28. The molecule has 0 amide bonds. The lowest BCUT2D eigenvalue weighted by molar-refractivity contribution is -0.143. The van der Waals surface area contributed by atoms with Gasteiger partial charge in [-0.15, -0.1) is 0 Å². The van der Waals surface area contributed by atoms with Gasteiger partial charge in [0.25, 0.3) is 5.56 Å². The SMILES string of the molecule is CC(C)c1ccc(C(F)(F)F)n(C)c1=O. The number of alkyl halides is 3. The maximum Gasteiger partial charge on any atom is 0.431 e. The summed E-state index contributed by atoms with van der Waals surface area (Å²) in [6.07, 6.45) is -4.48. The maximum absolute atomic E-state index is 12.4. The molecule has 0 bridgehead atoms. The van der Waals surface area contributed by atoms with E-state index in [4.69, 9.17) is 0 Å². The highest BCUT2D eigenvalue weighted by atomic mass is 19.4. The van der Waals surface area contributed by atoms with Gasteiger partial charge in [-0.05, 0) is 12.0 Å². The van der Waals surface area contributed by atoms with Gasteiger partial charge >= 0.3 is 6.18 Å². The monoisotopic (exact) mass is 219 g/mol. The second-order valence-electron chi connectivity index (χ2n) is 3.69. The van der Waals surface area contributed by atoms with Crippen LogP contribution in [0.4, 0.5) is 13.2 Å². The third-order valence-electron chi connectivity index (χ3n) is 2.25. The summed E-state index contributed by atoms with van der Waals surface area (Å²) >= 11 is 0. The summed E-state index contributed by atoms with van der Waals surface area (Å²) in [5.74, 6) is -0.0778. The molecule has 15 heavy (non-hydrogen) atoms. The van der Waals surface area contributed by atoms with E-state index in [0.29, 0.717) is 10.1 Å². The summed E-state index contributed by atoms with van der Waals surface area (Å²) in [5, 5.41) is 0. The zero-order valence-electron chi connectivity index (χ0n) is 8.72. The molecule has 0 saturated heterocycles. The third kappa shape index (κ3) is 2.22. The van der Waals surface area contributed by atoms with E-state index in [9.17, 15) is 18.0 Å². The molecule has 0 atom stereocenters. The Balaban J connectivity index is 3.42. The van der Waals surface area contributed by atoms with Crippen LogP contribution in [0, 0.1) is 0 Å². The minimum Gasteiger partial charge on any atom is -0.307 e. The molecule has 0 spiro atoms. The normalized spacial score (nSPS) is 12.2. The van der Waals surface area contributed by atoms with Crippen molar-refractivity contribution in [2.45, 2.75) is 25.9 Å². The molecule has 0 radical (unpaired) electrons. The Morgan fingerprint density at radius 2 is 1.80 bits per heavy atom. The van der Waals surface area contributed by atoms with Gasteiger partial charge in [0, 0.05) is 12.6 Å². The quantitative estimate of drug-likeness (QED) is 0.711. The van der Waals surface area contributed by atoms with Crippen LogP contribution in [-0.2, 0) is 13.2 Å². The van der Waals surface area contributed by atoms with Crippen molar-refractivity contribution in [3.05, 3.63) is 33.7 Å². The zero-order valence-corrected chi connectivity index (χ0v) is 8.72. The molecule has 0 unspecified atom stereocenters. The predicted molar refractivity (Wildman–Crippen MR) is 50.8 cm³/mol. The highest BCUT2D eigenvalue weighted by Gasteiger charge is 2.33. The molecular formula is C10H12F3NO. The van der Waals surface area contributed by atoms with Crippen molar-refractivity contribution in [3.63, 3.8) is 0 Å². The van der Waals surface area contributed by atoms with Crippen LogP contribution in [0.3, 0.4) is 0 Å². The lowest BCUT2D eigenvalue weighted by Gasteiger charge is -2.14. The topological polar surface area (TPSA) is 22.0 Å². The van der Waals surface area contributed by atoms with Gasteiger partial charge in [-0.2, -0.15) is 13.2 Å². The molecule has 0 aliphatic heterocycles. The number of rotatable bonds is 1. The van der Waals surface area contributed by atoms with E-state index in [2.05, 4.69) is 0 Å². The third-order valence-corrected chi connectivity index (χ3v) is 2.25. The molecule has 2 nitrogen and oxygen atoms in total. The van der Waals surface area contributed by atoms with Crippen LogP contribution in [0.1, 0.15) is 31.0 Å². The number of nitrogens with zero attached hydrogens (tertiary/aromatic N) is 1. The van der Waals surface area contributed by atoms with Crippen LogP contribution in [-0.4, -0.2) is 4.57 Å². The highest BCUT2D eigenvalue weighted by molar-refractivity contribution is 5.20. The first-order chi connectivity index (χ1) is 6.75. The van der Waals surface area contributed by atoms with Crippen LogP contribution >= 0.6 is 0 Å². The molecule has 0 saturated carbocycles. The van der Waals surface area contributed by atoms with Gasteiger partial charge < -0.3 is 4.57 Å². The molecule has 84 valence electrons. The minimum absolute atomic E-state index is 0.0778. The predicted octanol–water partition coefficient (Wildman–Crippen LogP) is 2.53. The van der Waals surface area contributed by atoms with E-state index in [1.165, 1.54) is 6.07 Å². The van der Waals surface area contributed by atoms with Gasteiger partial charge in [-0.1, -0.05) is 19.9 Å². The summed E-state index contributed by atoms with van der Waals surface area (Å²) in [6.45, 7) is 3.54. The van der Waals surface area contributed by atoms with E-state index in [1.807, 2.05) is 0 Å². The van der Waals surface area contributed by atoms with Crippen LogP contribution in [0.2, 0.25) is 0 Å². The van der Waals surface area contributed by atoms with Gasteiger partial charge in [0.15, 0.2) is 0 Å². The Morgan fingerprint density at radius 3 is 2.20 bits per heavy atom. The van der Waals surface area contributed by atoms with E-state index < -0.39 is 17.4 Å². The second kappa shape index (κ2) is 3.72. The van der Waals surface area contributed by atoms with Gasteiger partial charge in [0.1, 0.15) is 5.69 Å². The van der Waals surface area contributed by atoms with E-state index >= 15 is 0 Å². The Bertz CT molecular complexity index is 418. The molecule has 1 aromatic heterocycles. The van der Waals surface area contributed by atoms with Gasteiger partial charge in [-0.25, -0.2) is 0 Å². The van der Waals surface area contributed by atoms with E-state index in [1.54, 1.807) is 13.8 Å². The van der Waals surface area contributed by atoms with E-state index in [-0.39, 0.29) is 5.92 Å². The molecule has 5 heteroatoms. The molecule has 1 rings (SSSR count). The largest absolute Gasteiger partial charge is 0.431 e. The number of hydrogen-bond donors (Lipinski definition) is 0. The Morgan fingerprint density at radius 1 is 1.27 bits per heavy atom. The van der Waals surface area contributed by atoms with Crippen molar-refractivity contribution >= 4 is 0 Å². The molecule has 1 heterocycles. The molecule has 0 aliphatic rings. The van der Waals surface area contributed by atoms with Crippen molar-refractivity contribution in [1.29, 1.82) is 0 Å². The fourth-order valence-corrected chi connectivity index (χ4v) is 1.38. The van der Waals surface area contributed by atoms with Crippen molar-refractivity contribution in [1.82, 2.24) is 4.57 Å². The molecule has 0 N–H and O–H groups in total. The van der Waals surface area contributed by atoms with Crippen LogP contribution in [0.15, 0.2) is 16.9 Å². The average Bonchev–Trinajstić information content (AvgIpc) is 2.06. The number of pyridine rings is 1. The summed E-state index contributed by atoms with van der Waals surface area (Å²) in [6, 6.07) is 2.19. The van der Waals surface area contributed by atoms with Crippen molar-refractivity contribution in [2.24, 2.45) is 7.05 Å². The summed E-state index contributed by atoms with van der Waals surface area (Å²) in [7, 11) is 1.14. The maximum atomic E-state index is 12.4. The van der Waals surface area contributed by atoms with Crippen LogP contribution < -0.4 is 5.56 Å². The van der Waals surface area contributed by atoms with Gasteiger partial charge in [0.2, 0.25) is 0 Å². The van der Waals surface area contributed by atoms with Crippen molar-refractivity contribution < 1.29 is 13.2 Å². The summed E-state index contributed by atoms with van der Waals surface area (Å²) in [4.78, 5) is 11.5. The summed E-state index contributed by atoms with van der Waals surface area (Å²) in [5.41, 5.74) is -1.11. The number of hydrogen-bond acceptors (Lipinski definition) is 1. The first-order valence-electron chi connectivity index (χ1n) is 4.52. The smallest absolute Gasteiger partial charge is 0.307 e. The van der Waals surface area contributed by atoms with Gasteiger partial charge in [0.05, 0.1) is 0 Å². The van der Waals surface area contributed by atoms with Crippen LogP contribution in [0.5, 0.6) is 0 Å². The van der Waals surface area contributed by atoms with Crippen LogP contribution in [0.25, 0.3) is 0 Å². The lowest BCUT2D eigenvalue weighted by Crippen LogP contribution is -2.28. The first kappa shape index (κ1) is 11.8. The first-order valence-corrected chi connectivity index (χ1v) is 4.52. The lowest BCUT2D eigenvalue weighted by atomic mass is 10.0. The van der Waals surface area contributed by atoms with Gasteiger partial charge in [-0.3, -0.25) is 4.79 Å². The molecule has 0 aliphatic carbocycles. The van der Waals surface area contributed by atoms with E-state index in [0.717, 1.165) is 13.1 Å². The minimum atomic E-state index is -4.48. The molecule has 1 aromatic rings. The molecular weight excluding hydrogens is 207 g/mol. The number of aromatic nitrogens is 1. The standard InChI is InChI=1S/C10H12F3NO/c1-6(2)7-4-5-8(10(11,12)13)14(3)9(7)15/h4-6H,1-3H3. The molecule has 0 fully saturated rings.